The molecule has 4 nitrogen and oxygen atoms in total. The van der Waals surface area contributed by atoms with Gasteiger partial charge in [0.2, 0.25) is 0 Å². The van der Waals surface area contributed by atoms with Crippen LogP contribution >= 0.6 is 11.8 Å². The van der Waals surface area contributed by atoms with Crippen molar-refractivity contribution in [3.63, 3.8) is 0 Å². The maximum absolute atomic E-state index is 12.2. The molecule has 0 radical (unpaired) electrons. The average Bonchev–Trinajstić information content (AvgIpc) is 2.75. The summed E-state index contributed by atoms with van der Waals surface area (Å²) in [5, 5.41) is 3.06. The summed E-state index contributed by atoms with van der Waals surface area (Å²) in [6, 6.07) is 20.4. The third-order valence-corrected chi connectivity index (χ3v) is 6.67. The quantitative estimate of drug-likeness (QED) is 0.637. The molecule has 1 N–H and O–H groups in total. The monoisotopic (exact) mass is 411 g/mol. The van der Waals surface area contributed by atoms with Gasteiger partial charge in [0.25, 0.3) is 5.91 Å². The lowest BCUT2D eigenvalue weighted by molar-refractivity contribution is -0.146. The SMILES string of the molecule is C[C@H]1CCCC[C@@H]1NC(=O)COC(=O)CSC(c1ccccc1)c1ccccc1. The Morgan fingerprint density at radius 1 is 1.00 bits per heavy atom. The summed E-state index contributed by atoms with van der Waals surface area (Å²) < 4.78 is 5.23. The highest BCUT2D eigenvalue weighted by molar-refractivity contribution is 8.00. The number of thioether (sulfide) groups is 1. The Balaban J connectivity index is 1.49. The normalized spacial score (nSPS) is 19.0. The molecule has 0 saturated heterocycles. The summed E-state index contributed by atoms with van der Waals surface area (Å²) in [5.74, 6) is 0.113. The predicted molar refractivity (Wildman–Crippen MR) is 118 cm³/mol. The number of carbonyl (C=O) groups excluding carboxylic acids is 2. The summed E-state index contributed by atoms with van der Waals surface area (Å²) in [6.07, 6.45) is 4.52. The molecule has 0 heterocycles. The van der Waals surface area contributed by atoms with Crippen LogP contribution in [0.3, 0.4) is 0 Å². The minimum absolute atomic E-state index is 0.0434. The van der Waals surface area contributed by atoms with Crippen LogP contribution in [0.4, 0.5) is 0 Å². The topological polar surface area (TPSA) is 55.4 Å². The van der Waals surface area contributed by atoms with E-state index in [2.05, 4.69) is 36.5 Å². The molecule has 0 aliphatic heterocycles. The minimum atomic E-state index is -0.362. The number of benzene rings is 2. The van der Waals surface area contributed by atoms with Gasteiger partial charge < -0.3 is 10.1 Å². The maximum Gasteiger partial charge on any atom is 0.316 e. The molecule has 0 bridgehead atoms. The van der Waals surface area contributed by atoms with Gasteiger partial charge in [0.05, 0.1) is 11.0 Å². The highest BCUT2D eigenvalue weighted by atomic mass is 32.2. The molecule has 1 aliphatic carbocycles. The maximum atomic E-state index is 12.2. The van der Waals surface area contributed by atoms with Crippen molar-refractivity contribution in [3.8, 4) is 0 Å². The van der Waals surface area contributed by atoms with Crippen molar-refractivity contribution in [1.82, 2.24) is 5.32 Å². The molecule has 5 heteroatoms. The number of carbonyl (C=O) groups is 2. The van der Waals surface area contributed by atoms with E-state index in [1.54, 1.807) is 0 Å². The Labute approximate surface area is 177 Å². The van der Waals surface area contributed by atoms with Crippen LogP contribution in [0.15, 0.2) is 60.7 Å². The fourth-order valence-electron chi connectivity index (χ4n) is 3.76. The number of hydrogen-bond acceptors (Lipinski definition) is 4. The molecular formula is C24H29NO3S. The van der Waals surface area contributed by atoms with E-state index in [4.69, 9.17) is 4.74 Å². The molecule has 1 saturated carbocycles. The molecule has 0 unspecified atom stereocenters. The highest BCUT2D eigenvalue weighted by Gasteiger charge is 2.23. The number of amides is 1. The fraction of sp³-hybridized carbons (Fsp3) is 0.417. The Morgan fingerprint density at radius 2 is 1.59 bits per heavy atom. The van der Waals surface area contributed by atoms with Crippen LogP contribution < -0.4 is 5.32 Å². The molecule has 1 amide bonds. The zero-order valence-corrected chi connectivity index (χ0v) is 17.7. The van der Waals surface area contributed by atoms with Crippen LogP contribution in [0.25, 0.3) is 0 Å². The smallest absolute Gasteiger partial charge is 0.316 e. The lowest BCUT2D eigenvalue weighted by atomic mass is 9.86. The van der Waals surface area contributed by atoms with E-state index >= 15 is 0 Å². The number of rotatable bonds is 8. The third kappa shape index (κ3) is 6.64. The Morgan fingerprint density at radius 3 is 2.17 bits per heavy atom. The summed E-state index contributed by atoms with van der Waals surface area (Å²) >= 11 is 1.52. The van der Waals surface area contributed by atoms with Gasteiger partial charge in [-0.2, -0.15) is 0 Å². The summed E-state index contributed by atoms with van der Waals surface area (Å²) in [6.45, 7) is 1.96. The van der Waals surface area contributed by atoms with Crippen LogP contribution in [0.1, 0.15) is 49.0 Å². The molecular weight excluding hydrogens is 382 g/mol. The number of ether oxygens (including phenoxy) is 1. The second-order valence-electron chi connectivity index (χ2n) is 7.61. The van der Waals surface area contributed by atoms with Gasteiger partial charge in [-0.15, -0.1) is 11.8 Å². The van der Waals surface area contributed by atoms with Crippen molar-refractivity contribution in [1.29, 1.82) is 0 Å². The van der Waals surface area contributed by atoms with Crippen LogP contribution in [0, 0.1) is 5.92 Å². The summed E-state index contributed by atoms with van der Waals surface area (Å²) in [4.78, 5) is 24.4. The lowest BCUT2D eigenvalue weighted by Gasteiger charge is -2.29. The van der Waals surface area contributed by atoms with Gasteiger partial charge in [0.15, 0.2) is 6.61 Å². The van der Waals surface area contributed by atoms with Crippen LogP contribution in [0.5, 0.6) is 0 Å². The third-order valence-electron chi connectivity index (χ3n) is 5.39. The van der Waals surface area contributed by atoms with Gasteiger partial charge in [-0.3, -0.25) is 9.59 Å². The summed E-state index contributed by atoms with van der Waals surface area (Å²) in [7, 11) is 0. The predicted octanol–water partition coefficient (Wildman–Crippen LogP) is 4.75. The van der Waals surface area contributed by atoms with E-state index in [1.807, 2.05) is 36.4 Å². The van der Waals surface area contributed by atoms with Crippen molar-refractivity contribution < 1.29 is 14.3 Å². The van der Waals surface area contributed by atoms with Crippen LogP contribution in [0.2, 0.25) is 0 Å². The molecule has 2 atom stereocenters. The molecule has 154 valence electrons. The van der Waals surface area contributed by atoms with Gasteiger partial charge in [0, 0.05) is 6.04 Å². The van der Waals surface area contributed by atoms with Crippen molar-refractivity contribution in [2.45, 2.75) is 43.9 Å². The van der Waals surface area contributed by atoms with Gasteiger partial charge in [-0.05, 0) is 29.9 Å². The van der Waals surface area contributed by atoms with E-state index in [9.17, 15) is 9.59 Å². The largest absolute Gasteiger partial charge is 0.455 e. The van der Waals surface area contributed by atoms with Gasteiger partial charge in [-0.1, -0.05) is 80.4 Å². The van der Waals surface area contributed by atoms with Crippen molar-refractivity contribution in [3.05, 3.63) is 71.8 Å². The second kappa shape index (κ2) is 11.1. The van der Waals surface area contributed by atoms with E-state index in [0.717, 1.165) is 30.4 Å². The lowest BCUT2D eigenvalue weighted by Crippen LogP contribution is -2.43. The second-order valence-corrected chi connectivity index (χ2v) is 8.70. The molecule has 29 heavy (non-hydrogen) atoms. The standard InChI is InChI=1S/C24H29NO3S/c1-18-10-8-9-15-21(18)25-22(26)16-28-23(27)17-29-24(19-11-4-2-5-12-19)20-13-6-3-7-14-20/h2-7,11-14,18,21,24H,8-10,15-17H2,1H3,(H,25,26)/t18-,21-/m0/s1. The minimum Gasteiger partial charge on any atom is -0.455 e. The number of hydrogen-bond donors (Lipinski definition) is 1. The molecule has 0 aromatic heterocycles. The van der Waals surface area contributed by atoms with Gasteiger partial charge in [-0.25, -0.2) is 0 Å². The van der Waals surface area contributed by atoms with E-state index < -0.39 is 0 Å². The van der Waals surface area contributed by atoms with Gasteiger partial charge >= 0.3 is 5.97 Å². The zero-order valence-electron chi connectivity index (χ0n) is 16.9. The Bertz CT molecular complexity index is 742. The first-order valence-corrected chi connectivity index (χ1v) is 11.3. The molecule has 1 aliphatic rings. The molecule has 3 rings (SSSR count). The molecule has 0 spiro atoms. The highest BCUT2D eigenvalue weighted by Crippen LogP contribution is 2.35. The van der Waals surface area contributed by atoms with Crippen LogP contribution in [-0.4, -0.2) is 30.3 Å². The first-order chi connectivity index (χ1) is 14.1. The van der Waals surface area contributed by atoms with E-state index in [-0.39, 0.29) is 35.5 Å². The first-order valence-electron chi connectivity index (χ1n) is 10.3. The Hall–Kier alpha value is -2.27. The van der Waals surface area contributed by atoms with Crippen molar-refractivity contribution in [2.75, 3.05) is 12.4 Å². The van der Waals surface area contributed by atoms with E-state index in [0.29, 0.717) is 5.92 Å². The fourth-order valence-corrected chi connectivity index (χ4v) is 4.84. The van der Waals surface area contributed by atoms with Crippen molar-refractivity contribution >= 4 is 23.6 Å². The molecule has 2 aromatic rings. The van der Waals surface area contributed by atoms with Gasteiger partial charge in [0.1, 0.15) is 0 Å². The number of nitrogens with one attached hydrogen (secondary N) is 1. The Kier molecular flexibility index (Phi) is 8.17. The molecule has 1 fully saturated rings. The van der Waals surface area contributed by atoms with E-state index in [1.165, 1.54) is 18.2 Å². The molecule has 2 aromatic carbocycles. The number of esters is 1. The van der Waals surface area contributed by atoms with Crippen LogP contribution in [-0.2, 0) is 14.3 Å². The zero-order chi connectivity index (χ0) is 20.5. The first kappa shape index (κ1) is 21.4. The van der Waals surface area contributed by atoms with Crippen molar-refractivity contribution in [2.24, 2.45) is 5.92 Å². The average molecular weight is 412 g/mol. The summed E-state index contributed by atoms with van der Waals surface area (Å²) in [5.41, 5.74) is 2.28.